The van der Waals surface area contributed by atoms with E-state index in [9.17, 15) is 18.9 Å². The lowest BCUT2D eigenvalue weighted by molar-refractivity contribution is -0.387. The molecule has 0 aliphatic carbocycles. The number of nitro benzene ring substituents is 1. The first-order chi connectivity index (χ1) is 6.93. The average molecular weight is 218 g/mol. The maximum Gasteiger partial charge on any atom is 0.305 e. The van der Waals surface area contributed by atoms with Gasteiger partial charge in [-0.1, -0.05) is 0 Å². The van der Waals surface area contributed by atoms with Crippen LogP contribution in [-0.2, 0) is 6.54 Å². The van der Waals surface area contributed by atoms with E-state index in [0.717, 1.165) is 12.1 Å². The summed E-state index contributed by atoms with van der Waals surface area (Å²) in [5.74, 6) is -2.19. The van der Waals surface area contributed by atoms with Gasteiger partial charge in [0, 0.05) is 18.7 Å². The quantitative estimate of drug-likeness (QED) is 0.619. The predicted molar refractivity (Wildman–Crippen MR) is 46.3 cm³/mol. The number of rotatable bonds is 3. The van der Waals surface area contributed by atoms with E-state index >= 15 is 0 Å². The first kappa shape index (κ1) is 11.5. The van der Waals surface area contributed by atoms with E-state index in [1.165, 1.54) is 7.05 Å². The van der Waals surface area contributed by atoms with Crippen molar-refractivity contribution < 1.29 is 18.9 Å². The molecule has 0 fully saturated rings. The average Bonchev–Trinajstić information content (AvgIpc) is 2.11. The molecule has 0 heterocycles. The van der Waals surface area contributed by atoms with Crippen molar-refractivity contribution in [3.63, 3.8) is 0 Å². The molecular formula is C8H8F2N2O3. The normalized spacial score (nSPS) is 10.7. The maximum absolute atomic E-state index is 13.3. The van der Waals surface area contributed by atoms with Crippen molar-refractivity contribution >= 4 is 5.69 Å². The smallest absolute Gasteiger partial charge is 0.305 e. The third-order valence-corrected chi connectivity index (χ3v) is 1.75. The van der Waals surface area contributed by atoms with Crippen LogP contribution in [0.2, 0.25) is 0 Å². The molecule has 0 aromatic heterocycles. The van der Waals surface area contributed by atoms with Crippen molar-refractivity contribution in [2.45, 2.75) is 6.54 Å². The fraction of sp³-hybridized carbons (Fsp3) is 0.250. The topological polar surface area (TPSA) is 66.6 Å². The highest BCUT2D eigenvalue weighted by molar-refractivity contribution is 5.37. The largest absolute Gasteiger partial charge is 0.314 e. The molecule has 1 N–H and O–H groups in total. The molecule has 0 aliphatic heterocycles. The highest BCUT2D eigenvalue weighted by atomic mass is 19.1. The zero-order valence-corrected chi connectivity index (χ0v) is 7.78. The van der Waals surface area contributed by atoms with E-state index in [-0.39, 0.29) is 0 Å². The lowest BCUT2D eigenvalue weighted by Crippen LogP contribution is -2.15. The molecule has 1 aromatic carbocycles. The standard InChI is InChI=1S/C8H8F2N2O3/c1-11(13)4-5-6(9)2-3-7(8(5)10)12(14)15/h2-3,13H,4H2,1H3. The Morgan fingerprint density at radius 2 is 2.13 bits per heavy atom. The van der Waals surface area contributed by atoms with Gasteiger partial charge in [-0.25, -0.2) is 4.39 Å². The zero-order chi connectivity index (χ0) is 11.6. The molecule has 0 amide bonds. The van der Waals surface area contributed by atoms with Crippen molar-refractivity contribution in [1.82, 2.24) is 5.06 Å². The minimum atomic E-state index is -1.26. The Hall–Kier alpha value is -1.60. The molecule has 5 nitrogen and oxygen atoms in total. The van der Waals surface area contributed by atoms with Crippen LogP contribution in [0.25, 0.3) is 0 Å². The first-order valence-electron chi connectivity index (χ1n) is 3.94. The van der Waals surface area contributed by atoms with Crippen LogP contribution in [0.4, 0.5) is 14.5 Å². The van der Waals surface area contributed by atoms with Gasteiger partial charge in [-0.15, -0.1) is 0 Å². The summed E-state index contributed by atoms with van der Waals surface area (Å²) >= 11 is 0. The number of hydroxylamine groups is 2. The van der Waals surface area contributed by atoms with E-state index in [1.807, 2.05) is 0 Å². The third kappa shape index (κ3) is 2.45. The van der Waals surface area contributed by atoms with Gasteiger partial charge in [-0.05, 0) is 6.07 Å². The molecule has 1 aromatic rings. The minimum absolute atomic E-state index is 0.459. The van der Waals surface area contributed by atoms with Crippen LogP contribution in [-0.4, -0.2) is 22.2 Å². The number of halogens is 2. The van der Waals surface area contributed by atoms with E-state index < -0.39 is 34.4 Å². The van der Waals surface area contributed by atoms with Crippen LogP contribution >= 0.6 is 0 Å². The second-order valence-electron chi connectivity index (χ2n) is 2.93. The summed E-state index contributed by atoms with van der Waals surface area (Å²) in [7, 11) is 1.18. The van der Waals surface area contributed by atoms with Crippen molar-refractivity contribution in [2.24, 2.45) is 0 Å². The SMILES string of the molecule is CN(O)Cc1c(F)ccc([N+](=O)[O-])c1F. The number of benzene rings is 1. The van der Waals surface area contributed by atoms with Crippen molar-refractivity contribution in [3.8, 4) is 0 Å². The van der Waals surface area contributed by atoms with E-state index in [0.29, 0.717) is 5.06 Å². The summed E-state index contributed by atoms with van der Waals surface area (Å²) in [6, 6.07) is 1.53. The van der Waals surface area contributed by atoms with E-state index in [2.05, 4.69) is 0 Å². The van der Waals surface area contributed by atoms with Crippen molar-refractivity contribution in [1.29, 1.82) is 0 Å². The van der Waals surface area contributed by atoms with E-state index in [1.54, 1.807) is 0 Å². The van der Waals surface area contributed by atoms with Crippen LogP contribution in [0.15, 0.2) is 12.1 Å². The molecule has 15 heavy (non-hydrogen) atoms. The number of nitro groups is 1. The van der Waals surface area contributed by atoms with Gasteiger partial charge in [0.2, 0.25) is 5.82 Å². The Labute approximate surface area is 83.7 Å². The van der Waals surface area contributed by atoms with Gasteiger partial charge in [-0.2, -0.15) is 9.45 Å². The summed E-state index contributed by atoms with van der Waals surface area (Å²) in [6.45, 7) is -0.459. The van der Waals surface area contributed by atoms with E-state index in [4.69, 9.17) is 5.21 Å². The summed E-state index contributed by atoms with van der Waals surface area (Å²) in [5.41, 5.74) is -1.34. The van der Waals surface area contributed by atoms with Gasteiger partial charge < -0.3 is 5.21 Å². The minimum Gasteiger partial charge on any atom is -0.314 e. The first-order valence-corrected chi connectivity index (χ1v) is 3.94. The van der Waals surface area contributed by atoms with Crippen LogP contribution < -0.4 is 0 Å². The Bertz CT molecular complexity index is 396. The molecule has 0 spiro atoms. The molecule has 0 unspecified atom stereocenters. The van der Waals surface area contributed by atoms with Gasteiger partial charge in [-0.3, -0.25) is 10.1 Å². The monoisotopic (exact) mass is 218 g/mol. The van der Waals surface area contributed by atoms with Gasteiger partial charge >= 0.3 is 5.69 Å². The van der Waals surface area contributed by atoms with Crippen LogP contribution in [0.3, 0.4) is 0 Å². The third-order valence-electron chi connectivity index (χ3n) is 1.75. The Morgan fingerprint density at radius 1 is 1.53 bits per heavy atom. The second kappa shape index (κ2) is 4.28. The Morgan fingerprint density at radius 3 is 2.60 bits per heavy atom. The Kier molecular flexibility index (Phi) is 3.28. The van der Waals surface area contributed by atoms with Crippen molar-refractivity contribution in [3.05, 3.63) is 39.4 Å². The molecule has 0 aliphatic rings. The predicted octanol–water partition coefficient (Wildman–Crippen LogP) is 1.69. The molecule has 0 saturated heterocycles. The lowest BCUT2D eigenvalue weighted by atomic mass is 10.1. The molecule has 0 atom stereocenters. The zero-order valence-electron chi connectivity index (χ0n) is 7.78. The maximum atomic E-state index is 13.3. The van der Waals surface area contributed by atoms with Gasteiger partial charge in [0.15, 0.2) is 0 Å². The summed E-state index contributed by atoms with van der Waals surface area (Å²) in [6.07, 6.45) is 0. The Balaban J connectivity index is 3.24. The van der Waals surface area contributed by atoms with Gasteiger partial charge in [0.25, 0.3) is 0 Å². The lowest BCUT2D eigenvalue weighted by Gasteiger charge is -2.09. The molecular weight excluding hydrogens is 210 g/mol. The summed E-state index contributed by atoms with van der Waals surface area (Å²) in [5, 5.41) is 19.7. The number of hydrogen-bond acceptors (Lipinski definition) is 4. The fourth-order valence-corrected chi connectivity index (χ4v) is 1.10. The van der Waals surface area contributed by atoms with Crippen LogP contribution in [0.1, 0.15) is 5.56 Å². The van der Waals surface area contributed by atoms with Gasteiger partial charge in [0.1, 0.15) is 5.82 Å². The molecule has 1 rings (SSSR count). The highest BCUT2D eigenvalue weighted by Gasteiger charge is 2.21. The summed E-state index contributed by atoms with van der Waals surface area (Å²) < 4.78 is 26.4. The molecule has 7 heteroatoms. The number of nitrogens with zero attached hydrogens (tertiary/aromatic N) is 2. The fourth-order valence-electron chi connectivity index (χ4n) is 1.10. The van der Waals surface area contributed by atoms with Crippen molar-refractivity contribution in [2.75, 3.05) is 7.05 Å². The van der Waals surface area contributed by atoms with Gasteiger partial charge in [0.05, 0.1) is 11.5 Å². The highest BCUT2D eigenvalue weighted by Crippen LogP contribution is 2.23. The molecule has 0 bridgehead atoms. The van der Waals surface area contributed by atoms with Crippen LogP contribution in [0.5, 0.6) is 0 Å². The number of hydrogen-bond donors (Lipinski definition) is 1. The molecule has 82 valence electrons. The second-order valence-corrected chi connectivity index (χ2v) is 2.93. The summed E-state index contributed by atoms with van der Waals surface area (Å²) in [4.78, 5) is 9.39. The molecule has 0 radical (unpaired) electrons. The van der Waals surface area contributed by atoms with Crippen LogP contribution in [0, 0.1) is 21.7 Å². The molecule has 0 saturated carbocycles.